The summed E-state index contributed by atoms with van der Waals surface area (Å²) in [5.74, 6) is -2.53. The van der Waals surface area contributed by atoms with Crippen LogP contribution < -0.4 is 10.0 Å². The van der Waals surface area contributed by atoms with Crippen LogP contribution in [0.1, 0.15) is 22.8 Å². The number of esters is 1. The zero-order valence-corrected chi connectivity index (χ0v) is 23.7. The molecule has 0 bridgehead atoms. The van der Waals surface area contributed by atoms with Crippen LogP contribution in [0.3, 0.4) is 0 Å². The Morgan fingerprint density at radius 1 is 0.976 bits per heavy atom. The Kier molecular flexibility index (Phi) is 9.19. The van der Waals surface area contributed by atoms with Crippen LogP contribution in [0.5, 0.6) is 0 Å². The summed E-state index contributed by atoms with van der Waals surface area (Å²) in [6.45, 7) is 1.02. The second-order valence-electron chi connectivity index (χ2n) is 8.57. The first kappa shape index (κ1) is 32.3. The average Bonchev–Trinajstić information content (AvgIpc) is 2.87. The third-order valence-corrected chi connectivity index (χ3v) is 8.27. The first-order valence-electron chi connectivity index (χ1n) is 11.3. The molecule has 2 N–H and O–H groups in total. The first-order valence-corrected chi connectivity index (χ1v) is 15.0. The standard InChI is InChI=1S/C24H19ClF3N3O9S2/c1-13(22(32)29-21-10-5-15(31(34)35)11-19(21)24(26,27)28)40-23(33)18-12-17(8-9-20(18)25)42(38,39)30-14-3-6-16(7-4-14)41(2,36)37/h3-13,30H,1-2H3,(H,29,32). The number of rotatable bonds is 9. The number of nitro benzene ring substituents is 1. The molecule has 3 aromatic rings. The lowest BCUT2D eigenvalue weighted by atomic mass is 10.1. The number of nitro groups is 1. The molecule has 224 valence electrons. The lowest BCUT2D eigenvalue weighted by molar-refractivity contribution is -0.385. The van der Waals surface area contributed by atoms with E-state index < -0.39 is 76.3 Å². The molecule has 0 aliphatic rings. The third-order valence-electron chi connectivity index (χ3n) is 5.43. The van der Waals surface area contributed by atoms with Gasteiger partial charge >= 0.3 is 12.1 Å². The summed E-state index contributed by atoms with van der Waals surface area (Å²) < 4.78 is 96.3. The summed E-state index contributed by atoms with van der Waals surface area (Å²) in [6, 6.07) is 9.33. The van der Waals surface area contributed by atoms with E-state index in [9.17, 15) is 49.7 Å². The highest BCUT2D eigenvalue weighted by Gasteiger charge is 2.36. The van der Waals surface area contributed by atoms with Crippen LogP contribution in [0.4, 0.5) is 30.2 Å². The maximum Gasteiger partial charge on any atom is 0.418 e. The fourth-order valence-corrected chi connectivity index (χ4v) is 5.22. The number of benzene rings is 3. The molecule has 0 radical (unpaired) electrons. The van der Waals surface area contributed by atoms with E-state index in [2.05, 4.69) is 4.72 Å². The van der Waals surface area contributed by atoms with E-state index in [4.69, 9.17) is 16.3 Å². The quantitative estimate of drug-likeness (QED) is 0.189. The minimum atomic E-state index is -5.07. The Bertz CT molecular complexity index is 1780. The molecule has 0 spiro atoms. The van der Waals surface area contributed by atoms with Crippen molar-refractivity contribution in [3.8, 4) is 0 Å². The van der Waals surface area contributed by atoms with Crippen LogP contribution in [0, 0.1) is 10.1 Å². The van der Waals surface area contributed by atoms with E-state index >= 15 is 0 Å². The zero-order valence-electron chi connectivity index (χ0n) is 21.3. The highest BCUT2D eigenvalue weighted by Crippen LogP contribution is 2.37. The lowest BCUT2D eigenvalue weighted by Gasteiger charge is -2.17. The molecule has 3 rings (SSSR count). The summed E-state index contributed by atoms with van der Waals surface area (Å²) in [5, 5.41) is 12.5. The van der Waals surface area contributed by atoms with Crippen LogP contribution >= 0.6 is 11.6 Å². The Balaban J connectivity index is 1.78. The number of anilines is 2. The number of sulfonamides is 1. The lowest BCUT2D eigenvalue weighted by Crippen LogP contribution is -2.31. The van der Waals surface area contributed by atoms with Gasteiger partial charge in [-0.2, -0.15) is 13.2 Å². The molecule has 0 saturated heterocycles. The Hall–Kier alpha value is -4.22. The van der Waals surface area contributed by atoms with Crippen molar-refractivity contribution in [2.75, 3.05) is 16.3 Å². The highest BCUT2D eigenvalue weighted by molar-refractivity contribution is 7.92. The summed E-state index contributed by atoms with van der Waals surface area (Å²) in [6.07, 6.45) is -5.82. The fraction of sp³-hybridized carbons (Fsp3) is 0.167. The summed E-state index contributed by atoms with van der Waals surface area (Å²) in [7, 11) is -7.88. The van der Waals surface area contributed by atoms with Crippen LogP contribution in [0.25, 0.3) is 0 Å². The van der Waals surface area contributed by atoms with Gasteiger partial charge in [-0.3, -0.25) is 19.6 Å². The van der Waals surface area contributed by atoms with Gasteiger partial charge in [-0.15, -0.1) is 0 Å². The number of carbonyl (C=O) groups is 2. The predicted octanol–water partition coefficient (Wildman–Crippen LogP) is 4.66. The van der Waals surface area contributed by atoms with Crippen molar-refractivity contribution < 1.29 is 49.3 Å². The van der Waals surface area contributed by atoms with Crippen LogP contribution in [0.15, 0.2) is 70.5 Å². The zero-order chi connectivity index (χ0) is 31.6. The molecular weight excluding hydrogens is 631 g/mol. The molecule has 1 unspecified atom stereocenters. The van der Waals surface area contributed by atoms with Crippen molar-refractivity contribution in [1.29, 1.82) is 0 Å². The third kappa shape index (κ3) is 7.74. The number of hydrogen-bond donors (Lipinski definition) is 2. The molecule has 0 aliphatic carbocycles. The molecule has 0 aliphatic heterocycles. The first-order chi connectivity index (χ1) is 19.3. The monoisotopic (exact) mass is 649 g/mol. The topological polar surface area (TPSA) is 179 Å². The van der Waals surface area contributed by atoms with Gasteiger partial charge in [0.05, 0.1) is 36.6 Å². The summed E-state index contributed by atoms with van der Waals surface area (Å²) >= 11 is 6.01. The van der Waals surface area contributed by atoms with Crippen molar-refractivity contribution in [3.63, 3.8) is 0 Å². The van der Waals surface area contributed by atoms with Crippen molar-refractivity contribution in [3.05, 3.63) is 86.9 Å². The normalized spacial score (nSPS) is 12.7. The fourth-order valence-electron chi connectivity index (χ4n) is 3.31. The molecule has 0 heterocycles. The van der Waals surface area contributed by atoms with Crippen molar-refractivity contribution >= 4 is 60.4 Å². The average molecular weight is 650 g/mol. The van der Waals surface area contributed by atoms with Crippen LogP contribution in [-0.4, -0.2) is 46.0 Å². The molecular formula is C24H19ClF3N3O9S2. The Morgan fingerprint density at radius 3 is 2.12 bits per heavy atom. The van der Waals surface area contributed by atoms with E-state index in [0.717, 1.165) is 37.4 Å². The molecule has 18 heteroatoms. The summed E-state index contributed by atoms with van der Waals surface area (Å²) in [5.41, 5.74) is -3.72. The van der Waals surface area contributed by atoms with E-state index in [1.165, 1.54) is 24.3 Å². The number of ether oxygens (including phenoxy) is 1. The molecule has 1 amide bonds. The molecule has 0 saturated carbocycles. The van der Waals surface area contributed by atoms with E-state index in [1.54, 1.807) is 0 Å². The number of nitrogens with one attached hydrogen (secondary N) is 2. The number of alkyl halides is 3. The van der Waals surface area contributed by atoms with Crippen LogP contribution in [-0.2, 0) is 35.6 Å². The number of nitrogens with zero attached hydrogens (tertiary/aromatic N) is 1. The van der Waals surface area contributed by atoms with Gasteiger partial charge in [0.15, 0.2) is 15.9 Å². The van der Waals surface area contributed by atoms with Crippen molar-refractivity contribution in [2.45, 2.75) is 29.0 Å². The minimum Gasteiger partial charge on any atom is -0.449 e. The van der Waals surface area contributed by atoms with E-state index in [0.29, 0.717) is 6.07 Å². The maximum atomic E-state index is 13.4. The molecule has 0 fully saturated rings. The Morgan fingerprint density at radius 2 is 1.57 bits per heavy atom. The molecule has 3 aromatic carbocycles. The molecule has 12 nitrogen and oxygen atoms in total. The van der Waals surface area contributed by atoms with Gasteiger partial charge in [0.25, 0.3) is 21.6 Å². The number of carbonyl (C=O) groups excluding carboxylic acids is 2. The number of non-ortho nitro benzene ring substituents is 1. The smallest absolute Gasteiger partial charge is 0.418 e. The van der Waals surface area contributed by atoms with Gasteiger partial charge in [-0.05, 0) is 55.5 Å². The van der Waals surface area contributed by atoms with Gasteiger partial charge in [-0.25, -0.2) is 21.6 Å². The number of halogens is 4. The van der Waals surface area contributed by atoms with Gasteiger partial charge < -0.3 is 10.1 Å². The van der Waals surface area contributed by atoms with E-state index in [-0.39, 0.29) is 21.7 Å². The number of hydrogen-bond acceptors (Lipinski definition) is 9. The summed E-state index contributed by atoms with van der Waals surface area (Å²) in [4.78, 5) is 34.5. The van der Waals surface area contributed by atoms with Gasteiger partial charge in [0.1, 0.15) is 0 Å². The molecule has 0 aromatic heterocycles. The predicted molar refractivity (Wildman–Crippen MR) is 143 cm³/mol. The van der Waals surface area contributed by atoms with Gasteiger partial charge in [-0.1, -0.05) is 11.6 Å². The van der Waals surface area contributed by atoms with Gasteiger partial charge in [0.2, 0.25) is 0 Å². The largest absolute Gasteiger partial charge is 0.449 e. The van der Waals surface area contributed by atoms with Crippen molar-refractivity contribution in [1.82, 2.24) is 0 Å². The van der Waals surface area contributed by atoms with Crippen LogP contribution in [0.2, 0.25) is 5.02 Å². The maximum absolute atomic E-state index is 13.4. The highest BCUT2D eigenvalue weighted by atomic mass is 35.5. The SMILES string of the molecule is CC(OC(=O)c1cc(S(=O)(=O)Nc2ccc(S(C)(=O)=O)cc2)ccc1Cl)C(=O)Nc1ccc([N+](=O)[O-])cc1C(F)(F)F. The molecule has 1 atom stereocenters. The number of amides is 1. The number of sulfone groups is 1. The minimum absolute atomic E-state index is 0.00348. The Labute approximate surface area is 241 Å². The second kappa shape index (κ2) is 11.9. The molecule has 42 heavy (non-hydrogen) atoms. The van der Waals surface area contributed by atoms with Gasteiger partial charge in [0, 0.05) is 24.1 Å². The van der Waals surface area contributed by atoms with E-state index in [1.807, 2.05) is 5.32 Å². The van der Waals surface area contributed by atoms with Crippen molar-refractivity contribution in [2.24, 2.45) is 0 Å². The second-order valence-corrected chi connectivity index (χ2v) is 12.7.